The van der Waals surface area contributed by atoms with Gasteiger partial charge >= 0.3 is 0 Å². The Morgan fingerprint density at radius 1 is 1.29 bits per heavy atom. The molecule has 24 heavy (non-hydrogen) atoms. The zero-order valence-corrected chi connectivity index (χ0v) is 15.4. The summed E-state index contributed by atoms with van der Waals surface area (Å²) < 4.78 is 2.56. The largest absolute Gasteiger partial charge is 0.346 e. The van der Waals surface area contributed by atoms with Crippen LogP contribution in [0.25, 0.3) is 10.9 Å². The minimum atomic E-state index is -0.145. The molecule has 0 spiro atoms. The number of halogens is 1. The minimum Gasteiger partial charge on any atom is -0.346 e. The predicted octanol–water partition coefficient (Wildman–Crippen LogP) is 2.38. The van der Waals surface area contributed by atoms with Gasteiger partial charge in [0.25, 0.3) is 5.91 Å². The normalized spacial score (nSPS) is 12.7. The molecule has 0 fully saturated rings. The first-order chi connectivity index (χ1) is 11.5. The number of nitrogens with one attached hydrogen (secondary N) is 1. The third kappa shape index (κ3) is 3.33. The highest BCUT2D eigenvalue weighted by Gasteiger charge is 2.22. The summed E-state index contributed by atoms with van der Waals surface area (Å²) in [5.41, 5.74) is 1.34. The van der Waals surface area contributed by atoms with E-state index >= 15 is 0 Å². The average molecular weight is 391 g/mol. The van der Waals surface area contributed by atoms with Gasteiger partial charge in [0, 0.05) is 16.9 Å². The highest BCUT2D eigenvalue weighted by Crippen LogP contribution is 2.22. The zero-order valence-electron chi connectivity index (χ0n) is 13.8. The van der Waals surface area contributed by atoms with E-state index < -0.39 is 0 Å². The van der Waals surface area contributed by atoms with Gasteiger partial charge in [0.05, 0.1) is 30.5 Å². The van der Waals surface area contributed by atoms with Crippen LogP contribution >= 0.6 is 15.9 Å². The van der Waals surface area contributed by atoms with E-state index in [1.807, 2.05) is 18.2 Å². The van der Waals surface area contributed by atoms with Crippen LogP contribution in [0.2, 0.25) is 0 Å². The molecule has 1 N–H and O–H groups in total. The molecule has 0 saturated carbocycles. The summed E-state index contributed by atoms with van der Waals surface area (Å²) >= 11 is 3.43. The lowest BCUT2D eigenvalue weighted by atomic mass is 10.0. The Labute approximate surface area is 148 Å². The first kappa shape index (κ1) is 16.6. The monoisotopic (exact) mass is 390 g/mol. The van der Waals surface area contributed by atoms with E-state index in [9.17, 15) is 4.79 Å². The summed E-state index contributed by atoms with van der Waals surface area (Å²) in [7, 11) is 1.78. The van der Waals surface area contributed by atoms with Gasteiger partial charge in [-0.3, -0.25) is 9.48 Å². The third-order valence-corrected chi connectivity index (χ3v) is 4.45. The Kier molecular flexibility index (Phi) is 4.66. The molecule has 2 aromatic heterocycles. The molecule has 0 aliphatic heterocycles. The van der Waals surface area contributed by atoms with Crippen molar-refractivity contribution in [1.29, 1.82) is 0 Å². The highest BCUT2D eigenvalue weighted by molar-refractivity contribution is 9.10. The van der Waals surface area contributed by atoms with E-state index in [1.165, 1.54) is 0 Å². The number of carbonyl (C=O) groups is 1. The average Bonchev–Trinajstić information content (AvgIpc) is 3.12. The van der Waals surface area contributed by atoms with Crippen LogP contribution in [0.5, 0.6) is 0 Å². The van der Waals surface area contributed by atoms with Crippen molar-refractivity contribution >= 4 is 32.7 Å². The molecule has 2 heterocycles. The fraction of sp³-hybridized carbons (Fsp3) is 0.375. The summed E-state index contributed by atoms with van der Waals surface area (Å²) in [6.45, 7) is 4.65. The molecule has 1 unspecified atom stereocenters. The number of amides is 1. The molecule has 1 amide bonds. The van der Waals surface area contributed by atoms with Gasteiger partial charge in [-0.1, -0.05) is 29.8 Å². The number of hydrogen-bond acceptors (Lipinski definition) is 4. The van der Waals surface area contributed by atoms with Crippen molar-refractivity contribution in [2.24, 2.45) is 13.0 Å². The van der Waals surface area contributed by atoms with Crippen LogP contribution in [0.3, 0.4) is 0 Å². The molecule has 3 aromatic rings. The molecular formula is C16H19BrN6O. The molecule has 1 atom stereocenters. The summed E-state index contributed by atoms with van der Waals surface area (Å²) in [6.07, 6.45) is 3.26. The third-order valence-electron chi connectivity index (χ3n) is 3.96. The Hall–Kier alpha value is -2.22. The number of fused-ring (bicyclic) bond motifs is 1. The Morgan fingerprint density at radius 3 is 2.67 bits per heavy atom. The summed E-state index contributed by atoms with van der Waals surface area (Å²) in [4.78, 5) is 14.4. The number of rotatable bonds is 5. The van der Waals surface area contributed by atoms with Crippen LogP contribution in [0.4, 0.5) is 0 Å². The number of carbonyl (C=O) groups excluding carboxylic acids is 1. The molecule has 126 valence electrons. The molecule has 0 saturated heterocycles. The maximum Gasteiger partial charge on any atom is 0.270 e. The number of aromatic nitrogens is 5. The summed E-state index contributed by atoms with van der Waals surface area (Å²) in [5.74, 6) is 0.0989. The van der Waals surface area contributed by atoms with Gasteiger partial charge in [-0.2, -0.15) is 20.1 Å². The number of nitrogens with zero attached hydrogens (tertiary/aromatic N) is 5. The molecule has 0 aliphatic rings. The van der Waals surface area contributed by atoms with Crippen LogP contribution < -0.4 is 5.32 Å². The first-order valence-corrected chi connectivity index (χ1v) is 8.52. The quantitative estimate of drug-likeness (QED) is 0.725. The Bertz CT molecular complexity index is 855. The maximum absolute atomic E-state index is 12.8. The molecule has 0 radical (unpaired) electrons. The van der Waals surface area contributed by atoms with E-state index in [0.29, 0.717) is 12.2 Å². The van der Waals surface area contributed by atoms with E-state index in [1.54, 1.807) is 28.9 Å². The fourth-order valence-corrected chi connectivity index (χ4v) is 2.97. The highest BCUT2D eigenvalue weighted by atomic mass is 79.9. The van der Waals surface area contributed by atoms with Gasteiger partial charge in [-0.05, 0) is 24.1 Å². The molecule has 0 bridgehead atoms. The SMILES string of the molecule is CC(C)C(Cn1nccn1)NC(=O)c1c2ccc(Br)cc2nn1C. The van der Waals surface area contributed by atoms with Crippen molar-refractivity contribution in [2.45, 2.75) is 26.4 Å². The van der Waals surface area contributed by atoms with E-state index in [4.69, 9.17) is 0 Å². The first-order valence-electron chi connectivity index (χ1n) is 7.73. The molecule has 0 aliphatic carbocycles. The summed E-state index contributed by atoms with van der Waals surface area (Å²) in [5, 5.41) is 16.6. The lowest BCUT2D eigenvalue weighted by Gasteiger charge is -2.21. The van der Waals surface area contributed by atoms with Crippen LogP contribution in [-0.2, 0) is 13.6 Å². The zero-order chi connectivity index (χ0) is 17.3. The lowest BCUT2D eigenvalue weighted by Crippen LogP contribution is -2.42. The van der Waals surface area contributed by atoms with Crippen molar-refractivity contribution in [3.05, 3.63) is 40.8 Å². The van der Waals surface area contributed by atoms with E-state index in [-0.39, 0.29) is 17.9 Å². The van der Waals surface area contributed by atoms with Gasteiger partial charge in [0.2, 0.25) is 0 Å². The van der Waals surface area contributed by atoms with Gasteiger partial charge in [-0.15, -0.1) is 0 Å². The van der Waals surface area contributed by atoms with Gasteiger partial charge in [0.15, 0.2) is 0 Å². The van der Waals surface area contributed by atoms with Crippen LogP contribution in [0.1, 0.15) is 24.3 Å². The second kappa shape index (κ2) is 6.72. The van der Waals surface area contributed by atoms with Crippen molar-refractivity contribution in [3.8, 4) is 0 Å². The lowest BCUT2D eigenvalue weighted by molar-refractivity contribution is 0.0910. The molecular weight excluding hydrogens is 372 g/mol. The van der Waals surface area contributed by atoms with Gasteiger partial charge < -0.3 is 5.32 Å². The van der Waals surface area contributed by atoms with Crippen LogP contribution in [-0.4, -0.2) is 36.7 Å². The van der Waals surface area contributed by atoms with Crippen molar-refractivity contribution in [3.63, 3.8) is 0 Å². The van der Waals surface area contributed by atoms with Crippen LogP contribution in [0, 0.1) is 5.92 Å². The fourth-order valence-electron chi connectivity index (χ4n) is 2.62. The Balaban J connectivity index is 1.86. The number of benzene rings is 1. The second-order valence-corrected chi connectivity index (χ2v) is 6.96. The molecule has 3 rings (SSSR count). The van der Waals surface area contributed by atoms with Gasteiger partial charge in [0.1, 0.15) is 5.69 Å². The predicted molar refractivity (Wildman–Crippen MR) is 94.5 cm³/mol. The number of aryl methyl sites for hydroxylation is 1. The number of hydrogen-bond donors (Lipinski definition) is 1. The minimum absolute atomic E-state index is 0.0784. The molecule has 1 aromatic carbocycles. The Morgan fingerprint density at radius 2 is 2.00 bits per heavy atom. The smallest absolute Gasteiger partial charge is 0.270 e. The van der Waals surface area contributed by atoms with Crippen molar-refractivity contribution in [1.82, 2.24) is 30.1 Å². The van der Waals surface area contributed by atoms with Crippen molar-refractivity contribution in [2.75, 3.05) is 0 Å². The standard InChI is InChI=1S/C16H19BrN6O/c1-10(2)14(9-23-18-6-7-19-23)20-16(24)15-12-5-4-11(17)8-13(12)21-22(15)3/h4-8,10,14H,9H2,1-3H3,(H,20,24). The van der Waals surface area contributed by atoms with Gasteiger partial charge in [-0.25, -0.2) is 0 Å². The topological polar surface area (TPSA) is 77.6 Å². The van der Waals surface area contributed by atoms with E-state index in [2.05, 4.69) is 50.4 Å². The van der Waals surface area contributed by atoms with Crippen LogP contribution in [0.15, 0.2) is 35.1 Å². The van der Waals surface area contributed by atoms with Crippen molar-refractivity contribution < 1.29 is 4.79 Å². The van der Waals surface area contributed by atoms with E-state index in [0.717, 1.165) is 15.4 Å². The maximum atomic E-state index is 12.8. The molecule has 7 nitrogen and oxygen atoms in total. The summed E-state index contributed by atoms with van der Waals surface area (Å²) in [6, 6.07) is 5.64. The molecule has 8 heteroatoms. The second-order valence-electron chi connectivity index (χ2n) is 6.04.